The molecule has 0 bridgehead atoms. The topological polar surface area (TPSA) is 9.23 Å². The predicted octanol–water partition coefficient (Wildman–Crippen LogP) is 6.98. The van der Waals surface area contributed by atoms with Crippen molar-refractivity contribution in [2.24, 2.45) is 5.92 Å². The molecule has 3 rings (SSSR count). The van der Waals surface area contributed by atoms with Crippen molar-refractivity contribution in [3.8, 4) is 0 Å². The third-order valence-corrected chi connectivity index (χ3v) is 5.82. The summed E-state index contributed by atoms with van der Waals surface area (Å²) in [6, 6.07) is 19.3. The van der Waals surface area contributed by atoms with E-state index in [0.717, 1.165) is 16.7 Å². The number of hydrogen-bond acceptors (Lipinski definition) is 2. The summed E-state index contributed by atoms with van der Waals surface area (Å²) in [5.74, 6) is 1.75. The summed E-state index contributed by atoms with van der Waals surface area (Å²) in [4.78, 5) is 1.15. The van der Waals surface area contributed by atoms with Crippen LogP contribution in [0.4, 0.5) is 0 Å². The van der Waals surface area contributed by atoms with Gasteiger partial charge in [-0.2, -0.15) is 0 Å². The van der Waals surface area contributed by atoms with Crippen molar-refractivity contribution in [3.63, 3.8) is 0 Å². The highest BCUT2D eigenvalue weighted by molar-refractivity contribution is 7.94. The van der Waals surface area contributed by atoms with Crippen LogP contribution in [-0.4, -0.2) is 0 Å². The van der Waals surface area contributed by atoms with Crippen LogP contribution in [-0.2, 0) is 10.8 Å². The molecule has 0 radical (unpaired) electrons. The molecule has 2 aromatic rings. The number of rotatable bonds is 7. The van der Waals surface area contributed by atoms with Crippen LogP contribution in [0.25, 0.3) is 0 Å². The van der Waals surface area contributed by atoms with Crippen molar-refractivity contribution < 1.29 is 4.18 Å². The van der Waals surface area contributed by atoms with Crippen molar-refractivity contribution in [3.05, 3.63) is 65.7 Å². The van der Waals surface area contributed by atoms with Crippen molar-refractivity contribution >= 4 is 12.0 Å². The third kappa shape index (κ3) is 5.12. The van der Waals surface area contributed by atoms with Gasteiger partial charge in [0, 0.05) is 16.9 Å². The highest BCUT2D eigenvalue weighted by Crippen LogP contribution is 2.37. The SMILES string of the molecule is CCCC1CCC(c2ccc(COSc3ccccc3)cc2)CC1. The van der Waals surface area contributed by atoms with Gasteiger partial charge >= 0.3 is 0 Å². The Bertz CT molecular complexity index is 585. The molecule has 1 aliphatic carbocycles. The van der Waals surface area contributed by atoms with E-state index >= 15 is 0 Å². The van der Waals surface area contributed by atoms with Crippen LogP contribution < -0.4 is 0 Å². The van der Waals surface area contributed by atoms with E-state index in [1.807, 2.05) is 18.2 Å². The second-order valence-corrected chi connectivity index (χ2v) is 7.78. The number of benzene rings is 2. The summed E-state index contributed by atoms with van der Waals surface area (Å²) in [7, 11) is 0. The molecule has 24 heavy (non-hydrogen) atoms. The van der Waals surface area contributed by atoms with E-state index in [2.05, 4.69) is 43.3 Å². The smallest absolute Gasteiger partial charge is 0.0869 e. The largest absolute Gasteiger partial charge is 0.305 e. The van der Waals surface area contributed by atoms with Gasteiger partial charge in [0.1, 0.15) is 0 Å². The first-order chi connectivity index (χ1) is 11.8. The van der Waals surface area contributed by atoms with Crippen LogP contribution in [0, 0.1) is 5.92 Å². The van der Waals surface area contributed by atoms with E-state index in [-0.39, 0.29) is 0 Å². The second kappa shape index (κ2) is 9.29. The second-order valence-electron chi connectivity index (χ2n) is 6.91. The monoisotopic (exact) mass is 340 g/mol. The molecular weight excluding hydrogens is 312 g/mol. The minimum atomic E-state index is 0.656. The van der Waals surface area contributed by atoms with Gasteiger partial charge in [0.05, 0.1) is 6.61 Å². The van der Waals surface area contributed by atoms with Gasteiger partial charge in [-0.15, -0.1) is 0 Å². The number of hydrogen-bond donors (Lipinski definition) is 0. The molecule has 1 aliphatic rings. The standard InChI is InChI=1S/C22H28OS/c1-2-6-18-9-13-20(14-10-18)21-15-11-19(12-16-21)17-23-24-22-7-4-3-5-8-22/h3-5,7-8,11-12,15-16,18,20H,2,6,9-10,13-14,17H2,1H3. The molecule has 0 N–H and O–H groups in total. The average molecular weight is 341 g/mol. The van der Waals surface area contributed by atoms with Crippen molar-refractivity contribution in [2.45, 2.75) is 62.9 Å². The quantitative estimate of drug-likeness (QED) is 0.503. The van der Waals surface area contributed by atoms with Gasteiger partial charge in [-0.05, 0) is 60.8 Å². The molecule has 0 saturated heterocycles. The molecule has 0 spiro atoms. The lowest BCUT2D eigenvalue weighted by Gasteiger charge is -2.28. The Morgan fingerprint density at radius 1 is 0.917 bits per heavy atom. The van der Waals surface area contributed by atoms with Crippen molar-refractivity contribution in [2.75, 3.05) is 0 Å². The summed E-state index contributed by atoms with van der Waals surface area (Å²) in [5.41, 5.74) is 2.77. The molecule has 1 fully saturated rings. The Balaban J connectivity index is 1.45. The average Bonchev–Trinajstić information content (AvgIpc) is 2.64. The lowest BCUT2D eigenvalue weighted by Crippen LogP contribution is -2.13. The Morgan fingerprint density at radius 2 is 1.62 bits per heavy atom. The molecule has 0 amide bonds. The van der Waals surface area contributed by atoms with E-state index in [1.165, 1.54) is 61.7 Å². The third-order valence-electron chi connectivity index (χ3n) is 5.12. The Labute approximate surface area is 151 Å². The fraction of sp³-hybridized carbons (Fsp3) is 0.455. The fourth-order valence-electron chi connectivity index (χ4n) is 3.72. The molecule has 0 heterocycles. The van der Waals surface area contributed by atoms with Gasteiger partial charge in [-0.25, -0.2) is 0 Å². The zero-order chi connectivity index (χ0) is 16.6. The van der Waals surface area contributed by atoms with Gasteiger partial charge in [-0.3, -0.25) is 0 Å². The lowest BCUT2D eigenvalue weighted by atomic mass is 9.77. The first-order valence-electron chi connectivity index (χ1n) is 9.28. The van der Waals surface area contributed by atoms with Crippen molar-refractivity contribution in [1.29, 1.82) is 0 Å². The maximum atomic E-state index is 5.75. The predicted molar refractivity (Wildman–Crippen MR) is 103 cm³/mol. The summed E-state index contributed by atoms with van der Waals surface area (Å²) in [6.07, 6.45) is 8.32. The molecule has 0 atom stereocenters. The molecule has 1 saturated carbocycles. The van der Waals surface area contributed by atoms with Gasteiger partial charge in [0.15, 0.2) is 0 Å². The fourth-order valence-corrected chi connectivity index (χ4v) is 4.32. The minimum Gasteiger partial charge on any atom is -0.305 e. The van der Waals surface area contributed by atoms with Crippen LogP contribution in [0.5, 0.6) is 0 Å². The summed E-state index contributed by atoms with van der Waals surface area (Å²) in [5, 5.41) is 0. The highest BCUT2D eigenvalue weighted by Gasteiger charge is 2.21. The van der Waals surface area contributed by atoms with E-state index in [4.69, 9.17) is 4.18 Å². The molecule has 128 valence electrons. The molecule has 2 heteroatoms. The van der Waals surface area contributed by atoms with E-state index < -0.39 is 0 Å². The molecule has 2 aromatic carbocycles. The van der Waals surface area contributed by atoms with Crippen LogP contribution in [0.2, 0.25) is 0 Å². The molecular formula is C22H28OS. The van der Waals surface area contributed by atoms with Gasteiger partial charge in [0.2, 0.25) is 0 Å². The Morgan fingerprint density at radius 3 is 2.29 bits per heavy atom. The van der Waals surface area contributed by atoms with Crippen LogP contribution in [0.15, 0.2) is 59.5 Å². The van der Waals surface area contributed by atoms with E-state index in [0.29, 0.717) is 6.61 Å². The Hall–Kier alpha value is -1.25. The van der Waals surface area contributed by atoms with E-state index in [1.54, 1.807) is 0 Å². The minimum absolute atomic E-state index is 0.656. The van der Waals surface area contributed by atoms with Gasteiger partial charge in [0.25, 0.3) is 0 Å². The van der Waals surface area contributed by atoms with Crippen molar-refractivity contribution in [1.82, 2.24) is 0 Å². The van der Waals surface area contributed by atoms with Gasteiger partial charge < -0.3 is 4.18 Å². The summed E-state index contributed by atoms with van der Waals surface area (Å²) >= 11 is 1.45. The first kappa shape index (κ1) is 17.6. The zero-order valence-corrected chi connectivity index (χ0v) is 15.4. The normalized spacial score (nSPS) is 20.9. The van der Waals surface area contributed by atoms with Crippen LogP contribution in [0.1, 0.15) is 62.5 Å². The molecule has 0 aromatic heterocycles. The first-order valence-corrected chi connectivity index (χ1v) is 10.0. The summed E-state index contributed by atoms with van der Waals surface area (Å²) in [6.45, 7) is 2.96. The zero-order valence-electron chi connectivity index (χ0n) is 14.6. The molecule has 0 aliphatic heterocycles. The maximum absolute atomic E-state index is 5.75. The molecule has 1 nitrogen and oxygen atoms in total. The lowest BCUT2D eigenvalue weighted by molar-refractivity contribution is 0.308. The molecule has 0 unspecified atom stereocenters. The Kier molecular flexibility index (Phi) is 6.80. The van der Waals surface area contributed by atoms with Gasteiger partial charge in [-0.1, -0.05) is 62.2 Å². The van der Waals surface area contributed by atoms with E-state index in [9.17, 15) is 0 Å². The highest BCUT2D eigenvalue weighted by atomic mass is 32.2. The maximum Gasteiger partial charge on any atom is 0.0869 e. The van der Waals surface area contributed by atoms with Crippen LogP contribution in [0.3, 0.4) is 0 Å². The van der Waals surface area contributed by atoms with Crippen LogP contribution >= 0.6 is 12.0 Å². The summed E-state index contributed by atoms with van der Waals surface area (Å²) < 4.78 is 5.75.